The minimum absolute atomic E-state index is 0.536. The van der Waals surface area contributed by atoms with Crippen molar-refractivity contribution in [2.45, 2.75) is 6.54 Å². The summed E-state index contributed by atoms with van der Waals surface area (Å²) in [6.45, 7) is 1.36. The van der Waals surface area contributed by atoms with Gasteiger partial charge in [0, 0.05) is 12.7 Å². The van der Waals surface area contributed by atoms with Crippen molar-refractivity contribution >= 4 is 23.0 Å². The minimum Gasteiger partial charge on any atom is -0.396 e. The number of hydrogen-bond donors (Lipinski definition) is 2. The Morgan fingerprint density at radius 2 is 2.33 bits per heavy atom. The smallest absolute Gasteiger partial charge is 0.0992 e. The van der Waals surface area contributed by atoms with Crippen LogP contribution >= 0.6 is 11.6 Å². The van der Waals surface area contributed by atoms with Crippen LogP contribution in [0.15, 0.2) is 30.6 Å². The summed E-state index contributed by atoms with van der Waals surface area (Å²) >= 11 is 6.04. The van der Waals surface area contributed by atoms with E-state index in [2.05, 4.69) is 10.4 Å². The van der Waals surface area contributed by atoms with E-state index in [9.17, 15) is 0 Å². The van der Waals surface area contributed by atoms with Gasteiger partial charge in [-0.3, -0.25) is 4.68 Å². The molecule has 0 atom stereocenters. The summed E-state index contributed by atoms with van der Waals surface area (Å²) in [6, 6.07) is 7.19. The average Bonchev–Trinajstić information content (AvgIpc) is 2.77. The maximum absolute atomic E-state index is 8.73. The lowest BCUT2D eigenvalue weighted by molar-refractivity contribution is 0.638. The van der Waals surface area contributed by atoms with Crippen molar-refractivity contribution in [2.24, 2.45) is 0 Å². The van der Waals surface area contributed by atoms with Crippen LogP contribution in [0.4, 0.5) is 11.4 Å². The molecule has 0 aliphatic rings. The van der Waals surface area contributed by atoms with Gasteiger partial charge >= 0.3 is 0 Å². The molecule has 0 saturated carbocycles. The lowest BCUT2D eigenvalue weighted by Gasteiger charge is -2.08. The fourth-order valence-electron chi connectivity index (χ4n) is 1.53. The summed E-state index contributed by atoms with van der Waals surface area (Å²) in [4.78, 5) is 0. The van der Waals surface area contributed by atoms with Crippen molar-refractivity contribution in [1.82, 2.24) is 9.78 Å². The van der Waals surface area contributed by atoms with Crippen molar-refractivity contribution in [2.75, 3.05) is 17.6 Å². The van der Waals surface area contributed by atoms with Crippen LogP contribution in [0, 0.1) is 11.3 Å². The van der Waals surface area contributed by atoms with Crippen LogP contribution in [0.25, 0.3) is 0 Å². The van der Waals surface area contributed by atoms with E-state index in [-0.39, 0.29) is 0 Å². The number of nitrogens with two attached hydrogens (primary N) is 1. The van der Waals surface area contributed by atoms with Crippen molar-refractivity contribution in [3.63, 3.8) is 0 Å². The fraction of sp³-hybridized carbons (Fsp3) is 0.167. The molecule has 0 saturated heterocycles. The molecular formula is C12H12ClN5. The van der Waals surface area contributed by atoms with Gasteiger partial charge in [0.2, 0.25) is 0 Å². The largest absolute Gasteiger partial charge is 0.396 e. The lowest BCUT2D eigenvalue weighted by Crippen LogP contribution is -2.11. The molecule has 1 heterocycles. The zero-order valence-corrected chi connectivity index (χ0v) is 10.4. The van der Waals surface area contributed by atoms with E-state index in [4.69, 9.17) is 22.6 Å². The number of nitrogens with zero attached hydrogens (tertiary/aromatic N) is 3. The van der Waals surface area contributed by atoms with Crippen molar-refractivity contribution in [3.8, 4) is 6.07 Å². The van der Waals surface area contributed by atoms with Crippen molar-refractivity contribution < 1.29 is 0 Å². The molecule has 0 aliphatic heterocycles. The Bertz CT molecular complexity index is 584. The first-order valence-corrected chi connectivity index (χ1v) is 5.78. The van der Waals surface area contributed by atoms with E-state index in [0.717, 1.165) is 5.69 Å². The summed E-state index contributed by atoms with van der Waals surface area (Å²) in [7, 11) is 0. The van der Waals surface area contributed by atoms with Gasteiger partial charge in [-0.1, -0.05) is 11.6 Å². The Morgan fingerprint density at radius 3 is 2.94 bits per heavy atom. The highest BCUT2D eigenvalue weighted by atomic mass is 35.5. The van der Waals surface area contributed by atoms with E-state index in [1.807, 2.05) is 6.07 Å². The van der Waals surface area contributed by atoms with Gasteiger partial charge in [0.15, 0.2) is 0 Å². The molecule has 0 fully saturated rings. The van der Waals surface area contributed by atoms with Crippen LogP contribution in [0.2, 0.25) is 5.02 Å². The van der Waals surface area contributed by atoms with Gasteiger partial charge in [0.05, 0.1) is 40.8 Å². The summed E-state index contributed by atoms with van der Waals surface area (Å²) in [5.74, 6) is 0. The number of nitriles is 1. The maximum atomic E-state index is 8.73. The molecule has 0 unspecified atom stereocenters. The Kier molecular flexibility index (Phi) is 3.70. The first kappa shape index (κ1) is 12.3. The van der Waals surface area contributed by atoms with E-state index in [1.165, 1.54) is 0 Å². The molecule has 92 valence electrons. The number of benzene rings is 1. The van der Waals surface area contributed by atoms with Crippen LogP contribution in [-0.4, -0.2) is 16.3 Å². The molecule has 0 bridgehead atoms. The summed E-state index contributed by atoms with van der Waals surface area (Å²) < 4.78 is 1.75. The number of halogens is 1. The Balaban J connectivity index is 1.92. The van der Waals surface area contributed by atoms with Crippen LogP contribution in [0.5, 0.6) is 0 Å². The third-order valence-corrected chi connectivity index (χ3v) is 2.72. The standard InChI is InChI=1S/C12H12ClN5/c13-11-5-9(6-14)1-2-12(11)16-3-4-18-8-10(15)7-17-18/h1-2,5,7-8,16H,3-4,15H2. The SMILES string of the molecule is N#Cc1ccc(NCCn2cc(N)cn2)c(Cl)c1. The maximum Gasteiger partial charge on any atom is 0.0992 e. The van der Waals surface area contributed by atoms with E-state index >= 15 is 0 Å². The third-order valence-electron chi connectivity index (χ3n) is 2.41. The van der Waals surface area contributed by atoms with Gasteiger partial charge in [-0.2, -0.15) is 10.4 Å². The first-order valence-electron chi connectivity index (χ1n) is 5.40. The van der Waals surface area contributed by atoms with Crippen molar-refractivity contribution in [1.29, 1.82) is 5.26 Å². The number of nitrogens with one attached hydrogen (secondary N) is 1. The quantitative estimate of drug-likeness (QED) is 0.883. The molecule has 1 aromatic carbocycles. The summed E-state index contributed by atoms with van der Waals surface area (Å²) in [6.07, 6.45) is 3.37. The Labute approximate surface area is 110 Å². The monoisotopic (exact) mass is 261 g/mol. The molecular weight excluding hydrogens is 250 g/mol. The molecule has 0 radical (unpaired) electrons. The summed E-state index contributed by atoms with van der Waals surface area (Å²) in [5, 5.41) is 16.5. The molecule has 0 amide bonds. The molecule has 0 spiro atoms. The van der Waals surface area contributed by atoms with E-state index < -0.39 is 0 Å². The van der Waals surface area contributed by atoms with E-state index in [0.29, 0.717) is 29.4 Å². The van der Waals surface area contributed by atoms with Crippen LogP contribution in [0.3, 0.4) is 0 Å². The number of rotatable bonds is 4. The lowest BCUT2D eigenvalue weighted by atomic mass is 10.2. The fourth-order valence-corrected chi connectivity index (χ4v) is 1.78. The van der Waals surface area contributed by atoms with Crippen LogP contribution < -0.4 is 11.1 Å². The molecule has 3 N–H and O–H groups in total. The Hall–Kier alpha value is -2.19. The third kappa shape index (κ3) is 2.93. The molecule has 5 nitrogen and oxygen atoms in total. The topological polar surface area (TPSA) is 79.7 Å². The highest BCUT2D eigenvalue weighted by molar-refractivity contribution is 6.33. The van der Waals surface area contributed by atoms with Gasteiger partial charge in [-0.05, 0) is 18.2 Å². The second kappa shape index (κ2) is 5.43. The first-order chi connectivity index (χ1) is 8.69. The number of nitrogen functional groups attached to an aromatic ring is 1. The summed E-state index contributed by atoms with van der Waals surface area (Å²) in [5.41, 5.74) is 7.56. The highest BCUT2D eigenvalue weighted by Gasteiger charge is 2.01. The van der Waals surface area contributed by atoms with Gasteiger partial charge in [-0.15, -0.1) is 0 Å². The molecule has 0 aliphatic carbocycles. The zero-order chi connectivity index (χ0) is 13.0. The predicted molar refractivity (Wildman–Crippen MR) is 71.3 cm³/mol. The average molecular weight is 262 g/mol. The van der Waals surface area contributed by atoms with Crippen LogP contribution in [-0.2, 0) is 6.54 Å². The molecule has 2 aromatic rings. The van der Waals surface area contributed by atoms with Gasteiger partial charge in [0.25, 0.3) is 0 Å². The van der Waals surface area contributed by atoms with Crippen LogP contribution in [0.1, 0.15) is 5.56 Å². The second-order valence-electron chi connectivity index (χ2n) is 3.77. The highest BCUT2D eigenvalue weighted by Crippen LogP contribution is 2.22. The van der Waals surface area contributed by atoms with Gasteiger partial charge < -0.3 is 11.1 Å². The van der Waals surface area contributed by atoms with E-state index in [1.54, 1.807) is 35.3 Å². The predicted octanol–water partition coefficient (Wildman–Crippen LogP) is 2.10. The zero-order valence-electron chi connectivity index (χ0n) is 9.60. The minimum atomic E-state index is 0.536. The molecule has 2 rings (SSSR count). The Morgan fingerprint density at radius 1 is 1.50 bits per heavy atom. The number of anilines is 2. The van der Waals surface area contributed by atoms with Gasteiger partial charge in [0.1, 0.15) is 0 Å². The van der Waals surface area contributed by atoms with Crippen molar-refractivity contribution in [3.05, 3.63) is 41.2 Å². The number of hydrogen-bond acceptors (Lipinski definition) is 4. The second-order valence-corrected chi connectivity index (χ2v) is 4.18. The molecule has 18 heavy (non-hydrogen) atoms. The molecule has 1 aromatic heterocycles. The number of aromatic nitrogens is 2. The molecule has 6 heteroatoms. The van der Waals surface area contributed by atoms with Gasteiger partial charge in [-0.25, -0.2) is 0 Å². The normalized spacial score (nSPS) is 10.0.